The number of hydrogen-bond donors (Lipinski definition) is 0. The Morgan fingerprint density at radius 2 is 1.84 bits per heavy atom. The predicted molar refractivity (Wildman–Crippen MR) is 97.7 cm³/mol. The standard InChI is InChI=1S/C19H29O5P/c1-4-22-19(20)13-18(16-10-11-16)17-9-7-8-15(12-17)14-25(21,23-5-2)24-6-3/h7-9,12,16,18H,4-6,10-11,13-14H2,1-3H3/t18-/m0/s1. The molecular formula is C19H29O5P. The molecule has 0 saturated heterocycles. The third kappa shape index (κ3) is 6.25. The Hall–Kier alpha value is -1.16. The SMILES string of the molecule is CCOC(=O)C[C@H](c1cccc(CP(=O)(OCC)OCC)c1)C1CC1. The van der Waals surface area contributed by atoms with Gasteiger partial charge in [-0.2, -0.15) is 0 Å². The van der Waals surface area contributed by atoms with E-state index in [-0.39, 0.29) is 18.0 Å². The molecule has 1 aliphatic rings. The van der Waals surface area contributed by atoms with Crippen LogP contribution in [0.15, 0.2) is 24.3 Å². The molecule has 0 unspecified atom stereocenters. The first-order chi connectivity index (χ1) is 12.0. The third-order valence-corrected chi connectivity index (χ3v) is 6.35. The molecule has 1 atom stereocenters. The summed E-state index contributed by atoms with van der Waals surface area (Å²) in [6.07, 6.45) is 2.94. The summed E-state index contributed by atoms with van der Waals surface area (Å²) in [5.41, 5.74) is 2.02. The number of esters is 1. The number of rotatable bonds is 11. The van der Waals surface area contributed by atoms with Crippen LogP contribution in [-0.2, 0) is 29.3 Å². The number of hydrogen-bond acceptors (Lipinski definition) is 5. The molecule has 0 spiro atoms. The van der Waals surface area contributed by atoms with Crippen molar-refractivity contribution in [3.63, 3.8) is 0 Å². The first kappa shape index (κ1) is 20.2. The van der Waals surface area contributed by atoms with Crippen molar-refractivity contribution in [1.82, 2.24) is 0 Å². The van der Waals surface area contributed by atoms with Gasteiger partial charge in [-0.05, 0) is 56.6 Å². The summed E-state index contributed by atoms with van der Waals surface area (Å²) >= 11 is 0. The van der Waals surface area contributed by atoms with Gasteiger partial charge in [0.1, 0.15) is 0 Å². The highest BCUT2D eigenvalue weighted by molar-refractivity contribution is 7.53. The van der Waals surface area contributed by atoms with Crippen molar-refractivity contribution in [3.8, 4) is 0 Å². The van der Waals surface area contributed by atoms with Gasteiger partial charge >= 0.3 is 13.6 Å². The smallest absolute Gasteiger partial charge is 0.335 e. The van der Waals surface area contributed by atoms with Crippen LogP contribution in [0.4, 0.5) is 0 Å². The van der Waals surface area contributed by atoms with Crippen LogP contribution in [0.1, 0.15) is 57.1 Å². The van der Waals surface area contributed by atoms with E-state index in [1.54, 1.807) is 0 Å². The molecule has 6 heteroatoms. The Morgan fingerprint density at radius 1 is 1.16 bits per heavy atom. The molecule has 1 aliphatic carbocycles. The molecule has 1 fully saturated rings. The summed E-state index contributed by atoms with van der Waals surface area (Å²) in [5, 5.41) is 0. The van der Waals surface area contributed by atoms with Crippen molar-refractivity contribution < 1.29 is 23.1 Å². The molecule has 0 aliphatic heterocycles. The van der Waals surface area contributed by atoms with Gasteiger partial charge in [-0.3, -0.25) is 9.36 Å². The van der Waals surface area contributed by atoms with E-state index in [0.717, 1.165) is 24.0 Å². The van der Waals surface area contributed by atoms with Gasteiger partial charge in [0.05, 0.1) is 32.4 Å². The lowest BCUT2D eigenvalue weighted by molar-refractivity contribution is -0.143. The molecule has 0 heterocycles. The minimum atomic E-state index is -3.13. The van der Waals surface area contributed by atoms with E-state index in [1.807, 2.05) is 45.0 Å². The molecule has 0 N–H and O–H groups in total. The number of carbonyl (C=O) groups is 1. The van der Waals surface area contributed by atoms with E-state index in [4.69, 9.17) is 13.8 Å². The topological polar surface area (TPSA) is 61.8 Å². The summed E-state index contributed by atoms with van der Waals surface area (Å²) in [4.78, 5) is 11.9. The van der Waals surface area contributed by atoms with Crippen molar-refractivity contribution in [2.45, 2.75) is 52.1 Å². The first-order valence-electron chi connectivity index (χ1n) is 9.13. The van der Waals surface area contributed by atoms with Gasteiger partial charge in [0.2, 0.25) is 0 Å². The highest BCUT2D eigenvalue weighted by atomic mass is 31.2. The van der Waals surface area contributed by atoms with Crippen molar-refractivity contribution in [3.05, 3.63) is 35.4 Å². The van der Waals surface area contributed by atoms with Crippen LogP contribution in [0.5, 0.6) is 0 Å². The van der Waals surface area contributed by atoms with Crippen molar-refractivity contribution in [1.29, 1.82) is 0 Å². The molecule has 5 nitrogen and oxygen atoms in total. The Bertz CT molecular complexity index is 602. The van der Waals surface area contributed by atoms with Gasteiger partial charge in [-0.25, -0.2) is 0 Å². The predicted octanol–water partition coefficient (Wildman–Crippen LogP) is 4.90. The maximum atomic E-state index is 12.8. The summed E-state index contributed by atoms with van der Waals surface area (Å²) < 4.78 is 28.7. The highest BCUT2D eigenvalue weighted by Gasteiger charge is 2.34. The maximum absolute atomic E-state index is 12.8. The molecule has 0 amide bonds. The Morgan fingerprint density at radius 3 is 2.40 bits per heavy atom. The van der Waals surface area contributed by atoms with Gasteiger partial charge in [-0.15, -0.1) is 0 Å². The van der Waals surface area contributed by atoms with Crippen molar-refractivity contribution >= 4 is 13.6 Å². The molecule has 1 saturated carbocycles. The Labute approximate surface area is 150 Å². The second-order valence-corrected chi connectivity index (χ2v) is 8.36. The lowest BCUT2D eigenvalue weighted by Crippen LogP contribution is -2.12. The summed E-state index contributed by atoms with van der Waals surface area (Å²) in [7, 11) is -3.13. The minimum absolute atomic E-state index is 0.154. The molecule has 1 aromatic carbocycles. The van der Waals surface area contributed by atoms with Crippen LogP contribution in [0.2, 0.25) is 0 Å². The zero-order valence-corrected chi connectivity index (χ0v) is 16.3. The lowest BCUT2D eigenvalue weighted by atomic mass is 9.90. The van der Waals surface area contributed by atoms with E-state index >= 15 is 0 Å². The molecule has 0 bridgehead atoms. The van der Waals surface area contributed by atoms with Gasteiger partial charge in [0.25, 0.3) is 0 Å². The lowest BCUT2D eigenvalue weighted by Gasteiger charge is -2.19. The number of ether oxygens (including phenoxy) is 1. The normalized spacial score (nSPS) is 15.8. The Kier molecular flexibility index (Phi) is 7.67. The molecule has 2 rings (SSSR count). The van der Waals surface area contributed by atoms with E-state index in [0.29, 0.717) is 32.2 Å². The summed E-state index contributed by atoms with van der Waals surface area (Å²) in [6, 6.07) is 7.96. The maximum Gasteiger partial charge on any atom is 0.335 e. The van der Waals surface area contributed by atoms with Crippen LogP contribution < -0.4 is 0 Å². The fourth-order valence-corrected chi connectivity index (χ4v) is 4.81. The Balaban J connectivity index is 2.15. The zero-order valence-electron chi connectivity index (χ0n) is 15.4. The molecule has 25 heavy (non-hydrogen) atoms. The second kappa shape index (κ2) is 9.51. The monoisotopic (exact) mass is 368 g/mol. The van der Waals surface area contributed by atoms with Gasteiger partial charge in [0, 0.05) is 0 Å². The van der Waals surface area contributed by atoms with Crippen LogP contribution >= 0.6 is 7.60 Å². The van der Waals surface area contributed by atoms with E-state index in [2.05, 4.69) is 0 Å². The van der Waals surface area contributed by atoms with Gasteiger partial charge < -0.3 is 13.8 Å². The first-order valence-corrected chi connectivity index (χ1v) is 10.9. The summed E-state index contributed by atoms with van der Waals surface area (Å²) in [6.45, 7) is 6.55. The fraction of sp³-hybridized carbons (Fsp3) is 0.632. The van der Waals surface area contributed by atoms with Gasteiger partial charge in [-0.1, -0.05) is 24.3 Å². The zero-order chi connectivity index (χ0) is 18.3. The quantitative estimate of drug-likeness (QED) is 0.411. The highest BCUT2D eigenvalue weighted by Crippen LogP contribution is 2.52. The fourth-order valence-electron chi connectivity index (χ4n) is 3.12. The second-order valence-electron chi connectivity index (χ2n) is 6.30. The number of benzene rings is 1. The minimum Gasteiger partial charge on any atom is -0.466 e. The van der Waals surface area contributed by atoms with Crippen LogP contribution in [-0.4, -0.2) is 25.8 Å². The molecular weight excluding hydrogens is 339 g/mol. The van der Waals surface area contributed by atoms with E-state index in [1.165, 1.54) is 0 Å². The van der Waals surface area contributed by atoms with E-state index < -0.39 is 7.60 Å². The average Bonchev–Trinajstić information content (AvgIpc) is 3.38. The largest absolute Gasteiger partial charge is 0.466 e. The van der Waals surface area contributed by atoms with Crippen LogP contribution in [0.25, 0.3) is 0 Å². The molecule has 1 aromatic rings. The van der Waals surface area contributed by atoms with Crippen molar-refractivity contribution in [2.75, 3.05) is 19.8 Å². The average molecular weight is 368 g/mol. The van der Waals surface area contributed by atoms with Crippen molar-refractivity contribution in [2.24, 2.45) is 5.92 Å². The number of carbonyl (C=O) groups excluding carboxylic acids is 1. The molecule has 140 valence electrons. The van der Waals surface area contributed by atoms with Gasteiger partial charge in [0.15, 0.2) is 0 Å². The molecule has 0 aromatic heterocycles. The summed E-state index contributed by atoms with van der Waals surface area (Å²) in [5.74, 6) is 0.543. The van der Waals surface area contributed by atoms with Crippen LogP contribution in [0.3, 0.4) is 0 Å². The van der Waals surface area contributed by atoms with Crippen LogP contribution in [0, 0.1) is 5.92 Å². The molecule has 0 radical (unpaired) electrons. The van der Waals surface area contributed by atoms with E-state index in [9.17, 15) is 9.36 Å². The third-order valence-electron chi connectivity index (χ3n) is 4.29.